The normalized spacial score (nSPS) is 24.0. The van der Waals surface area contributed by atoms with Gasteiger partial charge in [-0.05, 0) is 26.8 Å². The highest BCUT2D eigenvalue weighted by molar-refractivity contribution is 6.30. The van der Waals surface area contributed by atoms with E-state index in [1.165, 1.54) is 12.3 Å². The van der Waals surface area contributed by atoms with Crippen molar-refractivity contribution in [2.24, 2.45) is 0 Å². The Kier molecular flexibility index (Phi) is 5.61. The van der Waals surface area contributed by atoms with Crippen molar-refractivity contribution in [3.63, 3.8) is 0 Å². The van der Waals surface area contributed by atoms with Crippen LogP contribution in [-0.2, 0) is 4.74 Å². The third-order valence-corrected chi connectivity index (χ3v) is 4.03. The molecule has 2 N–H and O–H groups in total. The lowest BCUT2D eigenvalue weighted by Gasteiger charge is -2.39. The summed E-state index contributed by atoms with van der Waals surface area (Å²) in [6.07, 6.45) is 1.76. The van der Waals surface area contributed by atoms with E-state index in [1.807, 2.05) is 0 Å². The zero-order valence-electron chi connectivity index (χ0n) is 13.1. The molecule has 1 aromatic heterocycles. The number of nitrogens with one attached hydrogen (secondary N) is 2. The first-order valence-corrected chi connectivity index (χ1v) is 7.80. The fraction of sp³-hybridized carbons (Fsp3) is 0.600. The van der Waals surface area contributed by atoms with Crippen molar-refractivity contribution < 1.29 is 9.53 Å². The highest BCUT2D eigenvalue weighted by Crippen LogP contribution is 2.13. The summed E-state index contributed by atoms with van der Waals surface area (Å²) < 4.78 is 5.71. The first-order valence-electron chi connectivity index (χ1n) is 7.42. The number of carbonyl (C=O) groups excluding carboxylic acids is 1. The van der Waals surface area contributed by atoms with Crippen LogP contribution in [0.1, 0.15) is 31.1 Å². The molecule has 2 heterocycles. The van der Waals surface area contributed by atoms with Crippen molar-refractivity contribution in [1.29, 1.82) is 0 Å². The number of H-pyrrole nitrogens is 1. The van der Waals surface area contributed by atoms with Crippen molar-refractivity contribution in [2.45, 2.75) is 39.0 Å². The number of hydrogen-bond acceptors (Lipinski definition) is 4. The lowest BCUT2D eigenvalue weighted by Crippen LogP contribution is -2.52. The Labute approximate surface area is 134 Å². The molecule has 1 fully saturated rings. The van der Waals surface area contributed by atoms with Gasteiger partial charge in [0.25, 0.3) is 11.5 Å². The maximum atomic E-state index is 12.1. The molecular weight excluding hydrogens is 306 g/mol. The highest BCUT2D eigenvalue weighted by Gasteiger charge is 2.25. The molecule has 0 aromatic carbocycles. The van der Waals surface area contributed by atoms with E-state index in [9.17, 15) is 9.59 Å². The number of amides is 1. The largest absolute Gasteiger partial charge is 0.373 e. The molecule has 0 aliphatic carbocycles. The smallest absolute Gasteiger partial charge is 0.266 e. The summed E-state index contributed by atoms with van der Waals surface area (Å²) in [5.41, 5.74) is -0.0524. The number of nitrogens with zero attached hydrogens (tertiary/aromatic N) is 1. The summed E-state index contributed by atoms with van der Waals surface area (Å²) in [7, 11) is 0. The van der Waals surface area contributed by atoms with Crippen LogP contribution in [-0.4, -0.2) is 53.7 Å². The Balaban J connectivity index is 1.90. The topological polar surface area (TPSA) is 74.4 Å². The first-order chi connectivity index (χ1) is 10.4. The molecule has 1 saturated heterocycles. The van der Waals surface area contributed by atoms with Gasteiger partial charge in [-0.25, -0.2) is 0 Å². The fourth-order valence-electron chi connectivity index (χ4n) is 2.64. The monoisotopic (exact) mass is 327 g/mol. The average Bonchev–Trinajstić information content (AvgIpc) is 2.46. The molecule has 0 spiro atoms. The second-order valence-corrected chi connectivity index (χ2v) is 6.24. The maximum Gasteiger partial charge on any atom is 0.266 e. The minimum Gasteiger partial charge on any atom is -0.373 e. The molecule has 122 valence electrons. The number of pyridine rings is 1. The van der Waals surface area contributed by atoms with Crippen molar-refractivity contribution in [3.05, 3.63) is 33.2 Å². The van der Waals surface area contributed by atoms with Crippen molar-refractivity contribution in [3.8, 4) is 0 Å². The molecule has 1 aromatic rings. The van der Waals surface area contributed by atoms with Crippen LogP contribution in [0.4, 0.5) is 0 Å². The SMILES string of the molecule is C[C@@H]1CN([C@@H](C)CNC(=O)c2c[nH]c(=O)c(Cl)c2)C[C@@H](C)O1. The summed E-state index contributed by atoms with van der Waals surface area (Å²) in [5, 5.41) is 2.88. The number of hydrogen-bond donors (Lipinski definition) is 2. The van der Waals surface area contributed by atoms with E-state index in [0.29, 0.717) is 12.1 Å². The van der Waals surface area contributed by atoms with Crippen LogP contribution >= 0.6 is 11.6 Å². The summed E-state index contributed by atoms with van der Waals surface area (Å²) >= 11 is 5.73. The molecule has 0 bridgehead atoms. The van der Waals surface area contributed by atoms with Crippen LogP contribution in [0, 0.1) is 0 Å². The van der Waals surface area contributed by atoms with Gasteiger partial charge >= 0.3 is 0 Å². The fourth-order valence-corrected chi connectivity index (χ4v) is 2.81. The number of halogens is 1. The van der Waals surface area contributed by atoms with Crippen LogP contribution in [0.3, 0.4) is 0 Å². The molecule has 22 heavy (non-hydrogen) atoms. The van der Waals surface area contributed by atoms with E-state index < -0.39 is 5.56 Å². The number of morpholine rings is 1. The van der Waals surface area contributed by atoms with Gasteiger partial charge in [-0.3, -0.25) is 14.5 Å². The third kappa shape index (κ3) is 4.32. The van der Waals surface area contributed by atoms with Crippen LogP contribution in [0.15, 0.2) is 17.1 Å². The maximum absolute atomic E-state index is 12.1. The molecule has 3 atom stereocenters. The summed E-state index contributed by atoms with van der Waals surface area (Å²) in [5.74, 6) is -0.251. The Morgan fingerprint density at radius 1 is 1.50 bits per heavy atom. The molecule has 0 saturated carbocycles. The minimum absolute atomic E-state index is 0.0107. The molecule has 6 nitrogen and oxygen atoms in total. The Morgan fingerprint density at radius 2 is 2.14 bits per heavy atom. The van der Waals surface area contributed by atoms with E-state index in [4.69, 9.17) is 16.3 Å². The van der Waals surface area contributed by atoms with Crippen LogP contribution < -0.4 is 10.9 Å². The molecule has 1 aliphatic rings. The van der Waals surface area contributed by atoms with Gasteiger partial charge in [0.05, 0.1) is 17.8 Å². The third-order valence-electron chi connectivity index (χ3n) is 3.75. The summed E-state index contributed by atoms with van der Waals surface area (Å²) in [6.45, 7) is 8.41. The Morgan fingerprint density at radius 3 is 2.73 bits per heavy atom. The van der Waals surface area contributed by atoms with E-state index in [1.54, 1.807) is 0 Å². The second kappa shape index (κ2) is 7.26. The van der Waals surface area contributed by atoms with Gasteiger partial charge in [0.15, 0.2) is 0 Å². The van der Waals surface area contributed by atoms with E-state index >= 15 is 0 Å². The Bertz CT molecular complexity index is 580. The zero-order valence-corrected chi connectivity index (χ0v) is 13.8. The quantitative estimate of drug-likeness (QED) is 0.873. The van der Waals surface area contributed by atoms with Crippen molar-refractivity contribution in [2.75, 3.05) is 19.6 Å². The van der Waals surface area contributed by atoms with Gasteiger partial charge in [-0.2, -0.15) is 0 Å². The standard InChI is InChI=1S/C15H22ClN3O3/c1-9(19-7-10(2)22-11(3)8-19)5-17-14(20)12-4-13(16)15(21)18-6-12/h4,6,9-11H,5,7-8H2,1-3H3,(H,17,20)(H,18,21)/t9-,10+,11+/m0/s1. The lowest BCUT2D eigenvalue weighted by molar-refractivity contribution is -0.0778. The molecular formula is C15H22ClN3O3. The lowest BCUT2D eigenvalue weighted by atomic mass is 10.1. The van der Waals surface area contributed by atoms with Gasteiger partial charge in [-0.1, -0.05) is 11.6 Å². The van der Waals surface area contributed by atoms with Crippen molar-refractivity contribution >= 4 is 17.5 Å². The number of carbonyl (C=O) groups is 1. The van der Waals surface area contributed by atoms with Gasteiger partial charge in [-0.15, -0.1) is 0 Å². The number of ether oxygens (including phenoxy) is 1. The van der Waals surface area contributed by atoms with Gasteiger partial charge in [0.1, 0.15) is 5.02 Å². The van der Waals surface area contributed by atoms with Gasteiger partial charge < -0.3 is 15.0 Å². The molecule has 1 aliphatic heterocycles. The number of aromatic nitrogens is 1. The highest BCUT2D eigenvalue weighted by atomic mass is 35.5. The molecule has 7 heteroatoms. The van der Waals surface area contributed by atoms with E-state index in [2.05, 4.69) is 36.0 Å². The van der Waals surface area contributed by atoms with E-state index in [-0.39, 0.29) is 29.2 Å². The molecule has 1 amide bonds. The van der Waals surface area contributed by atoms with Gasteiger partial charge in [0, 0.05) is 31.9 Å². The summed E-state index contributed by atoms with van der Waals surface area (Å²) in [4.78, 5) is 28.0. The van der Waals surface area contributed by atoms with Crippen LogP contribution in [0.5, 0.6) is 0 Å². The van der Waals surface area contributed by atoms with Gasteiger partial charge in [0.2, 0.25) is 0 Å². The van der Waals surface area contributed by atoms with Crippen LogP contribution in [0.2, 0.25) is 5.02 Å². The number of aromatic amines is 1. The second-order valence-electron chi connectivity index (χ2n) is 5.84. The predicted octanol–water partition coefficient (Wildman–Crippen LogP) is 1.26. The van der Waals surface area contributed by atoms with E-state index in [0.717, 1.165) is 13.1 Å². The molecule has 0 unspecified atom stereocenters. The number of rotatable bonds is 4. The average molecular weight is 328 g/mol. The first kappa shape index (κ1) is 17.0. The zero-order chi connectivity index (χ0) is 16.3. The minimum atomic E-state index is -0.400. The molecule has 0 radical (unpaired) electrons. The summed E-state index contributed by atoms with van der Waals surface area (Å²) in [6, 6.07) is 1.58. The Hall–Kier alpha value is -1.37. The molecule has 2 rings (SSSR count). The van der Waals surface area contributed by atoms with Crippen molar-refractivity contribution in [1.82, 2.24) is 15.2 Å². The predicted molar refractivity (Wildman–Crippen MR) is 85.4 cm³/mol. The van der Waals surface area contributed by atoms with Crippen LogP contribution in [0.25, 0.3) is 0 Å².